The maximum atomic E-state index is 14.3. The third-order valence-corrected chi connectivity index (χ3v) is 5.83. The van der Waals surface area contributed by atoms with E-state index in [0.717, 1.165) is 44.6 Å². The van der Waals surface area contributed by atoms with Gasteiger partial charge in [0, 0.05) is 30.6 Å². The fourth-order valence-corrected chi connectivity index (χ4v) is 3.74. The predicted molar refractivity (Wildman–Crippen MR) is 123 cm³/mol. The summed E-state index contributed by atoms with van der Waals surface area (Å²) < 4.78 is 25.4. The first-order chi connectivity index (χ1) is 15.7. The van der Waals surface area contributed by atoms with Crippen LogP contribution in [0, 0.1) is 11.7 Å². The summed E-state index contributed by atoms with van der Waals surface area (Å²) in [5, 5.41) is 15.6. The summed E-state index contributed by atoms with van der Waals surface area (Å²) in [5.74, 6) is 0.535. The van der Waals surface area contributed by atoms with E-state index in [1.165, 1.54) is 12.1 Å². The van der Waals surface area contributed by atoms with Gasteiger partial charge in [0.15, 0.2) is 5.82 Å². The summed E-state index contributed by atoms with van der Waals surface area (Å²) in [5.41, 5.74) is -0.195. The summed E-state index contributed by atoms with van der Waals surface area (Å²) in [6.45, 7) is 9.90. The number of aliphatic hydroxyl groups is 1. The minimum absolute atomic E-state index is 0.0646. The highest BCUT2D eigenvalue weighted by molar-refractivity contribution is 5.94. The molecule has 1 amide bonds. The zero-order valence-electron chi connectivity index (χ0n) is 19.9. The number of carbonyl (C=O) groups excluding carboxylic acids is 1. The number of rotatable bonds is 9. The predicted octanol–water partition coefficient (Wildman–Crippen LogP) is 3.69. The van der Waals surface area contributed by atoms with Crippen LogP contribution in [0.15, 0.2) is 22.7 Å². The first-order valence-electron chi connectivity index (χ1n) is 11.6. The molecule has 2 aromatic rings. The quantitative estimate of drug-likeness (QED) is 0.548. The lowest BCUT2D eigenvalue weighted by Crippen LogP contribution is -2.35. The van der Waals surface area contributed by atoms with Gasteiger partial charge in [-0.1, -0.05) is 25.9 Å². The molecule has 2 N–H and O–H groups in total. The summed E-state index contributed by atoms with van der Waals surface area (Å²) in [7, 11) is 0. The van der Waals surface area contributed by atoms with Crippen molar-refractivity contribution in [1.29, 1.82) is 0 Å². The van der Waals surface area contributed by atoms with Crippen LogP contribution < -0.4 is 15.0 Å². The molecule has 0 bridgehead atoms. The fourth-order valence-electron chi connectivity index (χ4n) is 3.74. The van der Waals surface area contributed by atoms with Gasteiger partial charge in [0.25, 0.3) is 5.91 Å². The van der Waals surface area contributed by atoms with Gasteiger partial charge in [-0.05, 0) is 50.7 Å². The van der Waals surface area contributed by atoms with Crippen molar-refractivity contribution >= 4 is 11.9 Å². The normalized spacial score (nSPS) is 16.0. The molecule has 182 valence electrons. The summed E-state index contributed by atoms with van der Waals surface area (Å²) in [6, 6.07) is 4.39. The van der Waals surface area contributed by atoms with Gasteiger partial charge >= 0.3 is 6.01 Å². The lowest BCUT2D eigenvalue weighted by atomic mass is 9.92. The molecule has 1 saturated heterocycles. The molecule has 0 saturated carbocycles. The van der Waals surface area contributed by atoms with Crippen LogP contribution in [0.25, 0.3) is 0 Å². The van der Waals surface area contributed by atoms with Gasteiger partial charge in [0.2, 0.25) is 0 Å². The Morgan fingerprint density at radius 1 is 1.36 bits per heavy atom. The highest BCUT2D eigenvalue weighted by Crippen LogP contribution is 2.27. The van der Waals surface area contributed by atoms with Crippen LogP contribution in [0.4, 0.5) is 10.4 Å². The van der Waals surface area contributed by atoms with Crippen molar-refractivity contribution in [3.05, 3.63) is 35.4 Å². The van der Waals surface area contributed by atoms with Gasteiger partial charge in [0.05, 0.1) is 18.8 Å². The molecule has 8 nitrogen and oxygen atoms in total. The van der Waals surface area contributed by atoms with Crippen molar-refractivity contribution in [2.75, 3.05) is 31.2 Å². The second-order valence-corrected chi connectivity index (χ2v) is 9.77. The van der Waals surface area contributed by atoms with Crippen molar-refractivity contribution in [2.24, 2.45) is 5.92 Å². The summed E-state index contributed by atoms with van der Waals surface area (Å²) in [4.78, 5) is 18.7. The molecular formula is C24H35FN4O4. The van der Waals surface area contributed by atoms with Gasteiger partial charge in [-0.25, -0.2) is 4.39 Å². The number of nitrogens with one attached hydrogen (secondary N) is 1. The van der Waals surface area contributed by atoms with Gasteiger partial charge < -0.3 is 24.6 Å². The Morgan fingerprint density at radius 3 is 2.70 bits per heavy atom. The number of anilines is 1. The first kappa shape index (κ1) is 25.0. The van der Waals surface area contributed by atoms with Crippen molar-refractivity contribution in [3.8, 4) is 5.75 Å². The van der Waals surface area contributed by atoms with E-state index in [1.807, 2.05) is 0 Å². The van der Waals surface area contributed by atoms with E-state index in [1.54, 1.807) is 13.0 Å². The Bertz CT molecular complexity index is 919. The number of halogens is 1. The van der Waals surface area contributed by atoms with Crippen molar-refractivity contribution in [2.45, 2.75) is 64.8 Å². The number of piperidine rings is 1. The minimum atomic E-state index is -0.641. The van der Waals surface area contributed by atoms with E-state index < -0.39 is 17.8 Å². The molecule has 1 aromatic carbocycles. The lowest BCUT2D eigenvalue weighted by Gasteiger charge is -2.30. The summed E-state index contributed by atoms with van der Waals surface area (Å²) in [6.07, 6.45) is 4.01. The molecule has 0 aliphatic carbocycles. The van der Waals surface area contributed by atoms with E-state index in [-0.39, 0.29) is 17.6 Å². The average Bonchev–Trinajstić information content (AvgIpc) is 3.28. The maximum absolute atomic E-state index is 14.3. The Kier molecular flexibility index (Phi) is 8.29. The molecule has 1 aliphatic heterocycles. The molecule has 0 radical (unpaired) electrons. The van der Waals surface area contributed by atoms with Crippen molar-refractivity contribution in [3.63, 3.8) is 0 Å². The molecule has 1 aliphatic rings. The zero-order valence-corrected chi connectivity index (χ0v) is 19.9. The first-order valence-corrected chi connectivity index (χ1v) is 11.6. The van der Waals surface area contributed by atoms with Crippen LogP contribution in [0.2, 0.25) is 0 Å². The number of hydrogen-bond donors (Lipinski definition) is 2. The SMILES string of the molecule is CC(CO)NC(=O)c1ccc(OCCCC2CCN(c3nc(C(C)(C)C)no3)CC2)cc1F. The number of amides is 1. The minimum Gasteiger partial charge on any atom is -0.493 e. The van der Waals surface area contributed by atoms with Crippen molar-refractivity contribution in [1.82, 2.24) is 15.5 Å². The Morgan fingerprint density at radius 2 is 2.09 bits per heavy atom. The molecule has 0 spiro atoms. The molecule has 1 fully saturated rings. The fraction of sp³-hybridized carbons (Fsp3) is 0.625. The second kappa shape index (κ2) is 11.0. The molecule has 2 heterocycles. The number of nitrogens with zero attached hydrogens (tertiary/aromatic N) is 3. The molecule has 1 atom stereocenters. The standard InChI is InChI=1S/C24H35FN4O4/c1-16(15-30)26-21(31)19-8-7-18(14-20(19)25)32-13-5-6-17-9-11-29(12-10-17)23-27-22(28-33-23)24(2,3)4/h7-8,14,16-17,30H,5-6,9-13,15H2,1-4H3,(H,26,31). The number of hydrogen-bond acceptors (Lipinski definition) is 7. The van der Waals surface area contributed by atoms with Crippen LogP contribution in [-0.2, 0) is 5.41 Å². The largest absolute Gasteiger partial charge is 0.493 e. The number of carbonyl (C=O) groups is 1. The summed E-state index contributed by atoms with van der Waals surface area (Å²) >= 11 is 0. The third kappa shape index (κ3) is 6.90. The third-order valence-electron chi connectivity index (χ3n) is 5.83. The Balaban J connectivity index is 1.38. The van der Waals surface area contributed by atoms with Gasteiger partial charge in [-0.2, -0.15) is 4.98 Å². The van der Waals surface area contributed by atoms with E-state index in [0.29, 0.717) is 24.3 Å². The van der Waals surface area contributed by atoms with E-state index in [4.69, 9.17) is 14.4 Å². The highest BCUT2D eigenvalue weighted by Gasteiger charge is 2.26. The molecule has 3 rings (SSSR count). The smallest absolute Gasteiger partial charge is 0.324 e. The Labute approximate surface area is 194 Å². The van der Waals surface area contributed by atoms with Crippen LogP contribution in [0.3, 0.4) is 0 Å². The molecule has 1 aromatic heterocycles. The zero-order chi connectivity index (χ0) is 24.0. The number of ether oxygens (including phenoxy) is 1. The molecule has 33 heavy (non-hydrogen) atoms. The number of aromatic nitrogens is 2. The van der Waals surface area contributed by atoms with Gasteiger partial charge in [-0.15, -0.1) is 0 Å². The average molecular weight is 463 g/mol. The Hall–Kier alpha value is -2.68. The molecule has 9 heteroatoms. The topological polar surface area (TPSA) is 101 Å². The number of aliphatic hydroxyl groups excluding tert-OH is 1. The van der Waals surface area contributed by atoms with E-state index >= 15 is 0 Å². The highest BCUT2D eigenvalue weighted by atomic mass is 19.1. The van der Waals surface area contributed by atoms with Crippen LogP contribution in [-0.4, -0.2) is 53.5 Å². The van der Waals surface area contributed by atoms with Crippen LogP contribution in [0.5, 0.6) is 5.75 Å². The van der Waals surface area contributed by atoms with Crippen LogP contribution in [0.1, 0.15) is 69.6 Å². The maximum Gasteiger partial charge on any atom is 0.324 e. The van der Waals surface area contributed by atoms with Gasteiger partial charge in [0.1, 0.15) is 11.6 Å². The molecular weight excluding hydrogens is 427 g/mol. The van der Waals surface area contributed by atoms with Crippen molar-refractivity contribution < 1.29 is 23.6 Å². The van der Waals surface area contributed by atoms with E-state index in [2.05, 4.69) is 41.1 Å². The number of benzene rings is 1. The van der Waals surface area contributed by atoms with Crippen LogP contribution >= 0.6 is 0 Å². The molecule has 1 unspecified atom stereocenters. The van der Waals surface area contributed by atoms with Gasteiger partial charge in [-0.3, -0.25) is 4.79 Å². The second-order valence-electron chi connectivity index (χ2n) is 9.77. The lowest BCUT2D eigenvalue weighted by molar-refractivity contribution is 0.0918. The van der Waals surface area contributed by atoms with E-state index in [9.17, 15) is 9.18 Å². The monoisotopic (exact) mass is 462 g/mol.